The molecule has 2 rings (SSSR count). The number of carbonyl (C=O) groups is 1. The highest BCUT2D eigenvalue weighted by molar-refractivity contribution is 5.89. The van der Waals surface area contributed by atoms with Crippen LogP contribution in [0.4, 0.5) is 8.78 Å². The summed E-state index contributed by atoms with van der Waals surface area (Å²) in [5.74, 6) is -2.54. The molecule has 4 nitrogen and oxygen atoms in total. The van der Waals surface area contributed by atoms with Crippen LogP contribution >= 0.6 is 0 Å². The van der Waals surface area contributed by atoms with E-state index in [1.807, 2.05) is 6.07 Å². The van der Waals surface area contributed by atoms with E-state index in [1.165, 1.54) is 0 Å². The fraction of sp³-hybridized carbons (Fsp3) is 0.125. The Kier molecular flexibility index (Phi) is 5.04. The third kappa shape index (κ3) is 3.79. The zero-order chi connectivity index (χ0) is 15.9. The monoisotopic (exact) mass is 303 g/mol. The van der Waals surface area contributed by atoms with Gasteiger partial charge in [-0.05, 0) is 36.4 Å². The SMILES string of the molecule is N#Cc1ccc(OCCOC(=O)c2c(F)cccc2F)cc1. The van der Waals surface area contributed by atoms with Gasteiger partial charge in [0.25, 0.3) is 0 Å². The Morgan fingerprint density at radius 1 is 1.05 bits per heavy atom. The second-order valence-corrected chi connectivity index (χ2v) is 4.22. The minimum Gasteiger partial charge on any atom is -0.490 e. The van der Waals surface area contributed by atoms with Crippen molar-refractivity contribution in [3.05, 3.63) is 65.2 Å². The molecular weight excluding hydrogens is 292 g/mol. The second kappa shape index (κ2) is 7.18. The summed E-state index contributed by atoms with van der Waals surface area (Å²) in [7, 11) is 0. The van der Waals surface area contributed by atoms with E-state index in [0.29, 0.717) is 11.3 Å². The van der Waals surface area contributed by atoms with E-state index in [4.69, 9.17) is 14.7 Å². The molecule has 0 aliphatic carbocycles. The number of ether oxygens (including phenoxy) is 2. The van der Waals surface area contributed by atoms with Crippen molar-refractivity contribution in [2.75, 3.05) is 13.2 Å². The number of nitriles is 1. The molecule has 2 aromatic carbocycles. The van der Waals surface area contributed by atoms with Crippen molar-refractivity contribution in [2.45, 2.75) is 0 Å². The van der Waals surface area contributed by atoms with Gasteiger partial charge in [-0.1, -0.05) is 6.07 Å². The molecule has 0 bridgehead atoms. The number of carbonyl (C=O) groups excluding carboxylic acids is 1. The lowest BCUT2D eigenvalue weighted by molar-refractivity contribution is 0.0439. The molecule has 112 valence electrons. The van der Waals surface area contributed by atoms with Crippen LogP contribution in [0.1, 0.15) is 15.9 Å². The van der Waals surface area contributed by atoms with E-state index in [0.717, 1.165) is 18.2 Å². The van der Waals surface area contributed by atoms with Gasteiger partial charge in [0, 0.05) is 0 Å². The zero-order valence-corrected chi connectivity index (χ0v) is 11.4. The van der Waals surface area contributed by atoms with E-state index in [1.54, 1.807) is 24.3 Å². The normalized spacial score (nSPS) is 9.86. The number of benzene rings is 2. The zero-order valence-electron chi connectivity index (χ0n) is 11.4. The first-order valence-corrected chi connectivity index (χ1v) is 6.36. The molecule has 0 N–H and O–H groups in total. The summed E-state index contributed by atoms with van der Waals surface area (Å²) in [6.45, 7) is -0.139. The molecule has 2 aromatic rings. The molecule has 0 saturated carbocycles. The number of esters is 1. The highest BCUT2D eigenvalue weighted by Gasteiger charge is 2.18. The molecule has 0 heterocycles. The Morgan fingerprint density at radius 3 is 2.27 bits per heavy atom. The summed E-state index contributed by atoms with van der Waals surface area (Å²) in [6, 6.07) is 11.4. The van der Waals surface area contributed by atoms with Crippen molar-refractivity contribution < 1.29 is 23.0 Å². The molecule has 0 fully saturated rings. The molecule has 0 saturated heterocycles. The van der Waals surface area contributed by atoms with Crippen LogP contribution in [0.5, 0.6) is 5.75 Å². The quantitative estimate of drug-likeness (QED) is 0.629. The first-order chi connectivity index (χ1) is 10.6. The minimum atomic E-state index is -1.08. The van der Waals surface area contributed by atoms with Gasteiger partial charge < -0.3 is 9.47 Å². The molecule has 0 aliphatic heterocycles. The van der Waals surface area contributed by atoms with Crippen LogP contribution in [-0.2, 0) is 4.74 Å². The van der Waals surface area contributed by atoms with Gasteiger partial charge in [0.2, 0.25) is 0 Å². The van der Waals surface area contributed by atoms with Gasteiger partial charge >= 0.3 is 5.97 Å². The highest BCUT2D eigenvalue weighted by atomic mass is 19.1. The number of rotatable bonds is 5. The molecule has 0 radical (unpaired) electrons. The first-order valence-electron chi connectivity index (χ1n) is 6.36. The summed E-state index contributed by atoms with van der Waals surface area (Å²) in [6.07, 6.45) is 0. The molecule has 0 aliphatic rings. The Morgan fingerprint density at radius 2 is 1.68 bits per heavy atom. The average Bonchev–Trinajstić information content (AvgIpc) is 2.52. The minimum absolute atomic E-state index is 0.0215. The maximum atomic E-state index is 13.3. The van der Waals surface area contributed by atoms with E-state index >= 15 is 0 Å². The van der Waals surface area contributed by atoms with Crippen LogP contribution in [0, 0.1) is 23.0 Å². The van der Waals surface area contributed by atoms with Gasteiger partial charge in [0.05, 0.1) is 11.6 Å². The van der Waals surface area contributed by atoms with E-state index < -0.39 is 23.2 Å². The topological polar surface area (TPSA) is 59.3 Å². The number of hydrogen-bond acceptors (Lipinski definition) is 4. The van der Waals surface area contributed by atoms with E-state index in [9.17, 15) is 13.6 Å². The fourth-order valence-corrected chi connectivity index (χ4v) is 1.68. The van der Waals surface area contributed by atoms with Crippen LogP contribution in [0.15, 0.2) is 42.5 Å². The summed E-state index contributed by atoms with van der Waals surface area (Å²) in [5, 5.41) is 8.65. The predicted octanol–water partition coefficient (Wildman–Crippen LogP) is 3.07. The van der Waals surface area contributed by atoms with Gasteiger partial charge in [0.15, 0.2) is 0 Å². The molecule has 0 amide bonds. The van der Waals surface area contributed by atoms with Crippen molar-refractivity contribution in [1.82, 2.24) is 0 Å². The van der Waals surface area contributed by atoms with Gasteiger partial charge in [-0.25, -0.2) is 13.6 Å². The van der Waals surface area contributed by atoms with Crippen molar-refractivity contribution >= 4 is 5.97 Å². The lowest BCUT2D eigenvalue weighted by Crippen LogP contribution is -2.15. The third-order valence-corrected chi connectivity index (χ3v) is 2.74. The number of halogens is 2. The van der Waals surface area contributed by atoms with Crippen molar-refractivity contribution in [2.24, 2.45) is 0 Å². The molecule has 0 atom stereocenters. The van der Waals surface area contributed by atoms with Gasteiger partial charge in [-0.15, -0.1) is 0 Å². The van der Waals surface area contributed by atoms with E-state index in [-0.39, 0.29) is 13.2 Å². The summed E-state index contributed by atoms with van der Waals surface area (Å²) >= 11 is 0. The number of hydrogen-bond donors (Lipinski definition) is 0. The highest BCUT2D eigenvalue weighted by Crippen LogP contribution is 2.14. The Balaban J connectivity index is 1.83. The summed E-state index contributed by atoms with van der Waals surface area (Å²) in [4.78, 5) is 11.6. The smallest absolute Gasteiger partial charge is 0.344 e. The predicted molar refractivity (Wildman–Crippen MR) is 73.3 cm³/mol. The largest absolute Gasteiger partial charge is 0.490 e. The fourth-order valence-electron chi connectivity index (χ4n) is 1.68. The Labute approximate surface area is 125 Å². The molecule has 6 heteroatoms. The molecule has 0 aromatic heterocycles. The molecule has 22 heavy (non-hydrogen) atoms. The molecule has 0 spiro atoms. The second-order valence-electron chi connectivity index (χ2n) is 4.22. The molecular formula is C16H11F2NO3. The maximum absolute atomic E-state index is 13.3. The van der Waals surface area contributed by atoms with Gasteiger partial charge in [0.1, 0.15) is 36.2 Å². The van der Waals surface area contributed by atoms with Crippen molar-refractivity contribution in [3.8, 4) is 11.8 Å². The lowest BCUT2D eigenvalue weighted by atomic mass is 10.2. The van der Waals surface area contributed by atoms with Crippen LogP contribution in [-0.4, -0.2) is 19.2 Å². The maximum Gasteiger partial charge on any atom is 0.344 e. The van der Waals surface area contributed by atoms with Crippen LogP contribution in [0.25, 0.3) is 0 Å². The van der Waals surface area contributed by atoms with Crippen LogP contribution in [0.3, 0.4) is 0 Å². The number of nitrogens with zero attached hydrogens (tertiary/aromatic N) is 1. The Hall–Kier alpha value is -2.94. The Bertz CT molecular complexity index is 688. The lowest BCUT2D eigenvalue weighted by Gasteiger charge is -2.08. The summed E-state index contributed by atoms with van der Waals surface area (Å²) < 4.78 is 36.7. The van der Waals surface area contributed by atoms with E-state index in [2.05, 4.69) is 0 Å². The third-order valence-electron chi connectivity index (χ3n) is 2.74. The van der Waals surface area contributed by atoms with Crippen molar-refractivity contribution in [1.29, 1.82) is 5.26 Å². The molecule has 0 unspecified atom stereocenters. The van der Waals surface area contributed by atoms with Gasteiger partial charge in [-0.2, -0.15) is 5.26 Å². The van der Waals surface area contributed by atoms with Crippen LogP contribution < -0.4 is 4.74 Å². The first kappa shape index (κ1) is 15.4. The van der Waals surface area contributed by atoms with Crippen LogP contribution in [0.2, 0.25) is 0 Å². The van der Waals surface area contributed by atoms with Crippen molar-refractivity contribution in [3.63, 3.8) is 0 Å². The summed E-state index contributed by atoms with van der Waals surface area (Å²) in [5.41, 5.74) is -0.227. The van der Waals surface area contributed by atoms with Gasteiger partial charge in [-0.3, -0.25) is 0 Å². The standard InChI is InChI=1S/C16H11F2NO3/c17-13-2-1-3-14(18)15(13)16(20)22-9-8-21-12-6-4-11(10-19)5-7-12/h1-7H,8-9H2. The average molecular weight is 303 g/mol.